The lowest BCUT2D eigenvalue weighted by atomic mass is 10.1. The lowest BCUT2D eigenvalue weighted by molar-refractivity contribution is -0.133. The van der Waals surface area contributed by atoms with Gasteiger partial charge in [0.2, 0.25) is 18.6 Å². The number of amides is 4. The summed E-state index contributed by atoms with van der Waals surface area (Å²) < 4.78 is 10.7. The summed E-state index contributed by atoms with van der Waals surface area (Å²) in [6.07, 6.45) is 2.43. The van der Waals surface area contributed by atoms with Gasteiger partial charge in [-0.1, -0.05) is 18.2 Å². The summed E-state index contributed by atoms with van der Waals surface area (Å²) >= 11 is 2.99. The second-order valence-corrected chi connectivity index (χ2v) is 9.65. The zero-order chi connectivity index (χ0) is 22.1. The van der Waals surface area contributed by atoms with Crippen molar-refractivity contribution in [3.8, 4) is 11.5 Å². The fourth-order valence-electron chi connectivity index (χ4n) is 3.91. The second kappa shape index (κ2) is 8.87. The van der Waals surface area contributed by atoms with Gasteiger partial charge in [0.15, 0.2) is 11.5 Å². The fourth-order valence-corrected chi connectivity index (χ4v) is 5.67. The van der Waals surface area contributed by atoms with Crippen molar-refractivity contribution in [3.05, 3.63) is 57.6 Å². The molecule has 1 aromatic carbocycles. The molecule has 10 heteroatoms. The topological polar surface area (TPSA) is 88.2 Å². The van der Waals surface area contributed by atoms with Crippen molar-refractivity contribution in [2.75, 3.05) is 19.9 Å². The van der Waals surface area contributed by atoms with Gasteiger partial charge in [0.25, 0.3) is 0 Å². The van der Waals surface area contributed by atoms with Gasteiger partial charge in [-0.25, -0.2) is 4.79 Å². The molecule has 5 rings (SSSR count). The van der Waals surface area contributed by atoms with Crippen LogP contribution in [0.4, 0.5) is 4.79 Å². The van der Waals surface area contributed by atoms with Crippen LogP contribution >= 0.6 is 23.1 Å². The van der Waals surface area contributed by atoms with Crippen LogP contribution in [0.3, 0.4) is 0 Å². The van der Waals surface area contributed by atoms with E-state index in [4.69, 9.17) is 9.47 Å². The van der Waals surface area contributed by atoms with Crippen LogP contribution in [0.15, 0.2) is 47.2 Å². The molecule has 1 N–H and O–H groups in total. The summed E-state index contributed by atoms with van der Waals surface area (Å²) in [4.78, 5) is 42.6. The maximum absolute atomic E-state index is 13.2. The molecule has 3 aliphatic heterocycles. The summed E-state index contributed by atoms with van der Waals surface area (Å²) in [5, 5.41) is 6.26. The number of imide groups is 1. The van der Waals surface area contributed by atoms with E-state index in [1.54, 1.807) is 17.4 Å². The number of nitrogens with one attached hydrogen (secondary N) is 1. The predicted molar refractivity (Wildman–Crippen MR) is 121 cm³/mol. The van der Waals surface area contributed by atoms with E-state index in [0.29, 0.717) is 31.0 Å². The first kappa shape index (κ1) is 20.9. The van der Waals surface area contributed by atoms with Gasteiger partial charge in [-0.3, -0.25) is 14.5 Å². The first-order valence-corrected chi connectivity index (χ1v) is 12.0. The van der Waals surface area contributed by atoms with E-state index in [1.165, 1.54) is 21.6 Å². The van der Waals surface area contributed by atoms with Crippen molar-refractivity contribution in [2.45, 2.75) is 24.3 Å². The van der Waals surface area contributed by atoms with Gasteiger partial charge in [-0.2, -0.15) is 0 Å². The second-order valence-electron chi connectivity index (χ2n) is 7.57. The SMILES string of the molecule is O=C(CN1C(=O)N(CCc2cccs2)C(=O)C2SC=CC21)NCc1ccc2c(c1)OCO2. The van der Waals surface area contributed by atoms with Crippen molar-refractivity contribution in [1.82, 2.24) is 15.1 Å². The molecule has 2 atom stereocenters. The Kier molecular flexibility index (Phi) is 5.79. The van der Waals surface area contributed by atoms with E-state index in [9.17, 15) is 14.4 Å². The number of carbonyl (C=O) groups is 3. The largest absolute Gasteiger partial charge is 0.454 e. The van der Waals surface area contributed by atoms with Crippen LogP contribution in [-0.2, 0) is 22.6 Å². The normalized spacial score (nSPS) is 21.2. The molecule has 0 aliphatic carbocycles. The molecule has 0 saturated carbocycles. The van der Waals surface area contributed by atoms with Gasteiger partial charge >= 0.3 is 6.03 Å². The number of carbonyl (C=O) groups excluding carboxylic acids is 3. The molecule has 3 aliphatic rings. The molecule has 4 heterocycles. The standard InChI is InChI=1S/C22H21N3O5S2/c26-19(23-11-14-3-4-17-18(10-14)30-13-29-17)12-25-16-6-9-32-20(16)21(27)24(22(25)28)7-5-15-2-1-8-31-15/h1-4,6,8-10,16,20H,5,7,11-13H2,(H,23,26). The lowest BCUT2D eigenvalue weighted by Gasteiger charge is -2.40. The Labute approximate surface area is 193 Å². The first-order chi connectivity index (χ1) is 15.6. The minimum absolute atomic E-state index is 0.113. The van der Waals surface area contributed by atoms with Gasteiger partial charge < -0.3 is 19.7 Å². The number of hydrogen-bond donors (Lipinski definition) is 1. The highest BCUT2D eigenvalue weighted by atomic mass is 32.2. The zero-order valence-corrected chi connectivity index (χ0v) is 18.7. The Morgan fingerprint density at radius 1 is 1.19 bits per heavy atom. The number of thioether (sulfide) groups is 1. The summed E-state index contributed by atoms with van der Waals surface area (Å²) in [5.41, 5.74) is 0.870. The molecule has 4 amide bonds. The highest BCUT2D eigenvalue weighted by Crippen LogP contribution is 2.35. The number of urea groups is 1. The van der Waals surface area contributed by atoms with E-state index >= 15 is 0 Å². The van der Waals surface area contributed by atoms with Crippen LogP contribution in [0.25, 0.3) is 0 Å². The van der Waals surface area contributed by atoms with Gasteiger partial charge in [0.1, 0.15) is 11.8 Å². The molecule has 0 spiro atoms. The molecule has 0 bridgehead atoms. The van der Waals surface area contributed by atoms with E-state index in [-0.39, 0.29) is 25.2 Å². The number of hydrogen-bond acceptors (Lipinski definition) is 7. The summed E-state index contributed by atoms with van der Waals surface area (Å²) in [6.45, 7) is 0.685. The van der Waals surface area contributed by atoms with Gasteiger partial charge in [-0.05, 0) is 41.0 Å². The van der Waals surface area contributed by atoms with Crippen LogP contribution in [0.1, 0.15) is 10.4 Å². The number of thiophene rings is 1. The van der Waals surface area contributed by atoms with Crippen LogP contribution in [0.5, 0.6) is 11.5 Å². The van der Waals surface area contributed by atoms with Crippen LogP contribution in [0.2, 0.25) is 0 Å². The molecule has 32 heavy (non-hydrogen) atoms. The first-order valence-electron chi connectivity index (χ1n) is 10.2. The highest BCUT2D eigenvalue weighted by molar-refractivity contribution is 8.03. The molecule has 0 radical (unpaired) electrons. The van der Waals surface area contributed by atoms with E-state index < -0.39 is 17.3 Å². The molecule has 1 fully saturated rings. The Morgan fingerprint density at radius 2 is 2.06 bits per heavy atom. The minimum atomic E-state index is -0.418. The fraction of sp³-hybridized carbons (Fsp3) is 0.318. The number of fused-ring (bicyclic) bond motifs is 2. The monoisotopic (exact) mass is 471 g/mol. The van der Waals surface area contributed by atoms with Gasteiger partial charge in [0.05, 0.1) is 6.04 Å². The third-order valence-electron chi connectivity index (χ3n) is 5.56. The molecule has 2 unspecified atom stereocenters. The average Bonchev–Trinajstić information content (AvgIpc) is 3.56. The Bertz CT molecular complexity index is 1070. The molecule has 8 nitrogen and oxygen atoms in total. The zero-order valence-electron chi connectivity index (χ0n) is 17.1. The van der Waals surface area contributed by atoms with Crippen molar-refractivity contribution in [2.24, 2.45) is 0 Å². The molecule has 166 valence electrons. The Morgan fingerprint density at radius 3 is 2.91 bits per heavy atom. The van der Waals surface area contributed by atoms with Gasteiger partial charge in [-0.15, -0.1) is 23.1 Å². The number of benzene rings is 1. The minimum Gasteiger partial charge on any atom is -0.454 e. The van der Waals surface area contributed by atoms with Crippen molar-refractivity contribution < 1.29 is 23.9 Å². The molecule has 2 aromatic rings. The van der Waals surface area contributed by atoms with E-state index in [0.717, 1.165) is 10.4 Å². The van der Waals surface area contributed by atoms with Crippen molar-refractivity contribution >= 4 is 40.9 Å². The number of nitrogens with zero attached hydrogens (tertiary/aromatic N) is 2. The smallest absolute Gasteiger partial charge is 0.327 e. The predicted octanol–water partition coefficient (Wildman–Crippen LogP) is 2.60. The van der Waals surface area contributed by atoms with Gasteiger partial charge in [0, 0.05) is 18.0 Å². The Hall–Kier alpha value is -2.98. The van der Waals surface area contributed by atoms with E-state index in [1.807, 2.05) is 41.1 Å². The quantitative estimate of drug-likeness (QED) is 0.668. The summed E-state index contributed by atoms with van der Waals surface area (Å²) in [5.74, 6) is 0.859. The number of ether oxygens (including phenoxy) is 2. The third-order valence-corrected chi connectivity index (χ3v) is 7.58. The average molecular weight is 472 g/mol. The van der Waals surface area contributed by atoms with Crippen LogP contribution in [-0.4, -0.2) is 58.8 Å². The maximum Gasteiger partial charge on any atom is 0.327 e. The van der Waals surface area contributed by atoms with E-state index in [2.05, 4.69) is 5.32 Å². The third kappa shape index (κ3) is 4.07. The highest BCUT2D eigenvalue weighted by Gasteiger charge is 2.47. The van der Waals surface area contributed by atoms with Crippen LogP contribution < -0.4 is 14.8 Å². The molecular formula is C22H21N3O5S2. The summed E-state index contributed by atoms with van der Waals surface area (Å²) in [6, 6.07) is 8.60. The van der Waals surface area contributed by atoms with Crippen molar-refractivity contribution in [1.29, 1.82) is 0 Å². The molecule has 1 saturated heterocycles. The summed E-state index contributed by atoms with van der Waals surface area (Å²) in [7, 11) is 0. The molecular weight excluding hydrogens is 450 g/mol. The van der Waals surface area contributed by atoms with Crippen molar-refractivity contribution in [3.63, 3.8) is 0 Å². The Balaban J connectivity index is 1.23. The number of rotatable bonds is 7. The van der Waals surface area contributed by atoms with Crippen LogP contribution in [0, 0.1) is 0 Å². The lowest BCUT2D eigenvalue weighted by Crippen LogP contribution is -2.63. The maximum atomic E-state index is 13.2. The molecule has 1 aromatic heterocycles.